The molecular formula is C113H116Hf2N4-4. The maximum Gasteiger partial charge on any atom is 4.00 e. The van der Waals surface area contributed by atoms with Gasteiger partial charge in [0.15, 0.2) is 0 Å². The molecule has 0 spiro atoms. The molecule has 1 N–H and O–H groups in total. The molecule has 0 atom stereocenters. The molecule has 0 aliphatic heterocycles. The van der Waals surface area contributed by atoms with Gasteiger partial charge in [-0.2, -0.15) is 172 Å². The van der Waals surface area contributed by atoms with Crippen LogP contribution < -0.4 is 4.98 Å². The third-order valence-electron chi connectivity index (χ3n) is 19.4. The monoisotopic (exact) mass is 1890 g/mol. The molecule has 0 aliphatic rings. The Morgan fingerprint density at radius 3 is 0.739 bits per heavy atom. The molecule has 119 heavy (non-hydrogen) atoms. The molecule has 13 aromatic carbocycles. The number of aryl methyl sites for hydroxylation is 2. The van der Waals surface area contributed by atoms with Crippen LogP contribution >= 0.6 is 0 Å². The minimum absolute atomic E-state index is 0. The van der Waals surface area contributed by atoms with Crippen molar-refractivity contribution in [3.8, 4) is 45.3 Å². The van der Waals surface area contributed by atoms with Crippen molar-refractivity contribution in [1.29, 1.82) is 0 Å². The van der Waals surface area contributed by atoms with Crippen LogP contribution in [0.25, 0.3) is 88.4 Å². The van der Waals surface area contributed by atoms with Crippen LogP contribution in [0.3, 0.4) is 0 Å². The molecule has 0 radical (unpaired) electrons. The Balaban J connectivity index is 0.000000208. The molecule has 0 aliphatic carbocycles. The summed E-state index contributed by atoms with van der Waals surface area (Å²) in [6, 6.07) is 122. The first kappa shape index (κ1) is 94.7. The van der Waals surface area contributed by atoms with Crippen molar-refractivity contribution >= 4 is 43.1 Å². The summed E-state index contributed by atoms with van der Waals surface area (Å²) in [5.41, 5.74) is 23.7. The number of fused-ring (bicyclic) bond motifs is 4. The molecule has 4 aromatic heterocycles. The topological polar surface area (TPSA) is 55.7 Å². The van der Waals surface area contributed by atoms with Gasteiger partial charge in [0.05, 0.1) is 11.4 Å². The Morgan fingerprint density at radius 2 is 0.487 bits per heavy atom. The van der Waals surface area contributed by atoms with E-state index in [1.165, 1.54) is 76.5 Å². The Bertz CT molecular complexity index is 5120. The van der Waals surface area contributed by atoms with E-state index in [0.29, 0.717) is 0 Å². The van der Waals surface area contributed by atoms with E-state index in [9.17, 15) is 0 Å². The van der Waals surface area contributed by atoms with Crippen molar-refractivity contribution < 1.29 is 51.7 Å². The second-order valence-corrected chi connectivity index (χ2v) is 33.5. The van der Waals surface area contributed by atoms with Gasteiger partial charge in [-0.3, -0.25) is 9.97 Å². The van der Waals surface area contributed by atoms with E-state index >= 15 is 0 Å². The second-order valence-electron chi connectivity index (χ2n) is 33.5. The average molecular weight is 1890 g/mol. The zero-order chi connectivity index (χ0) is 84.3. The summed E-state index contributed by atoms with van der Waals surface area (Å²) >= 11 is 0. The van der Waals surface area contributed by atoms with Crippen LogP contribution in [0, 0.1) is 62.3 Å². The maximum absolute atomic E-state index is 5.11. The standard InChI is InChI=1S/C32H34N2.C32H33N2.7C7H7.2Hf/c2*1-20-9-8-10-27(33-20)28-15-16-29(34-28)30-25-18-23(31(2,3)4)13-11-21(25)17-22-12-14-24(19-26(22)30)32(5,6)7;7*1-7-5-3-2-4-6-7;;/h8-19,34H,1-7H3;8-19H,1-7H3;7*2-6H,1H2;;/q;8*-1;;+4. The quantitative estimate of drug-likeness (QED) is 0.109. The summed E-state index contributed by atoms with van der Waals surface area (Å²) in [5, 5.41) is 10.1. The summed E-state index contributed by atoms with van der Waals surface area (Å²) in [6.07, 6.45) is 0. The molecule has 0 fully saturated rings. The smallest absolute Gasteiger partial charge is 0.656 e. The van der Waals surface area contributed by atoms with Gasteiger partial charge in [0.2, 0.25) is 0 Å². The van der Waals surface area contributed by atoms with Crippen LogP contribution in [0.2, 0.25) is 0 Å². The minimum Gasteiger partial charge on any atom is -0.656 e. The number of nitrogens with zero attached hydrogens (tertiary/aromatic N) is 3. The van der Waals surface area contributed by atoms with Crippen LogP contribution in [-0.4, -0.2) is 15.0 Å². The first-order chi connectivity index (χ1) is 55.8. The molecule has 6 heteroatoms. The van der Waals surface area contributed by atoms with Gasteiger partial charge >= 0.3 is 25.8 Å². The van der Waals surface area contributed by atoms with Crippen LogP contribution in [0.15, 0.2) is 358 Å². The molecule has 0 bridgehead atoms. The zero-order valence-corrected chi connectivity index (χ0v) is 79.5. The van der Waals surface area contributed by atoms with Crippen LogP contribution in [0.4, 0.5) is 0 Å². The first-order valence-electron chi connectivity index (χ1n) is 40.1. The first-order valence-corrected chi connectivity index (χ1v) is 40.1. The van der Waals surface area contributed by atoms with Crippen molar-refractivity contribution in [1.82, 2.24) is 19.9 Å². The third kappa shape index (κ3) is 29.6. The SMILES string of the molecule is Cc1cccc(-c2ccc(-c3c4cc(C(C)(C)C)ccc4cc4ccc(C(C)(C)C)cc34)[n-]2)n1.Cc1cccc(-c2ccc(-c3c4cc(C(C)(C)C)ccc4cc4ccc(C(C)(C)C)cc34)[nH]2)n1.[CH2-]c1ccccc1.[CH2-]c1ccccc1.[CH2-]c1ccccc1.[CH2-]c1ccccc1.[CH2-]c1ccccc1.[CH2-]c1ccccc1.[CH2-]c1ccccc1.[Hf+4].[Hf]. The summed E-state index contributed by atoms with van der Waals surface area (Å²) in [7, 11) is 0. The molecule has 17 rings (SSSR count). The zero-order valence-electron chi connectivity index (χ0n) is 72.4. The Morgan fingerprint density at radius 1 is 0.244 bits per heavy atom. The molecule has 600 valence electrons. The molecular weight excluding hydrogens is 1770 g/mol. The van der Waals surface area contributed by atoms with E-state index in [1.54, 1.807) is 0 Å². The van der Waals surface area contributed by atoms with Crippen molar-refractivity contribution in [2.45, 2.75) is 119 Å². The summed E-state index contributed by atoms with van der Waals surface area (Å²) in [4.78, 5) is 18.3. The van der Waals surface area contributed by atoms with E-state index in [2.05, 4.69) is 258 Å². The van der Waals surface area contributed by atoms with Crippen molar-refractivity contribution in [2.24, 2.45) is 0 Å². The molecule has 0 saturated heterocycles. The van der Waals surface area contributed by atoms with Gasteiger partial charge in [-0.15, -0.1) is 96.3 Å². The van der Waals surface area contributed by atoms with Gasteiger partial charge in [-0.1, -0.05) is 210 Å². The summed E-state index contributed by atoms with van der Waals surface area (Å²) in [5.74, 6) is 0. The molecule has 17 aromatic rings. The normalized spacial score (nSPS) is 10.7. The Labute approximate surface area is 751 Å². The third-order valence-corrected chi connectivity index (χ3v) is 19.4. The Kier molecular flexibility index (Phi) is 35.8. The van der Waals surface area contributed by atoms with Gasteiger partial charge in [-0.05, 0) is 167 Å². The average Bonchev–Trinajstić information content (AvgIpc) is 1.71. The van der Waals surface area contributed by atoms with E-state index in [0.717, 1.165) is 84.5 Å². The number of rotatable bonds is 4. The van der Waals surface area contributed by atoms with Gasteiger partial charge in [0, 0.05) is 54.2 Å². The second kappa shape index (κ2) is 45.0. The summed E-state index contributed by atoms with van der Waals surface area (Å²) < 4.78 is 0. The van der Waals surface area contributed by atoms with Gasteiger partial charge in [0.25, 0.3) is 0 Å². The predicted octanol–water partition coefficient (Wildman–Crippen LogP) is 30.6. The van der Waals surface area contributed by atoms with Crippen molar-refractivity contribution in [3.05, 3.63) is 479 Å². The molecule has 4 heterocycles. The van der Waals surface area contributed by atoms with E-state index in [1.807, 2.05) is 250 Å². The van der Waals surface area contributed by atoms with Crippen LogP contribution in [-0.2, 0) is 73.3 Å². The number of hydrogen-bond donors (Lipinski definition) is 1. The Hall–Kier alpha value is -11.4. The molecule has 0 amide bonds. The van der Waals surface area contributed by atoms with E-state index < -0.39 is 0 Å². The van der Waals surface area contributed by atoms with Crippen molar-refractivity contribution in [2.75, 3.05) is 0 Å². The minimum atomic E-state index is 0. The number of aromatic nitrogens is 4. The van der Waals surface area contributed by atoms with E-state index in [4.69, 9.17) is 15.0 Å². The van der Waals surface area contributed by atoms with Crippen LogP contribution in [0.5, 0.6) is 0 Å². The molecule has 0 saturated carbocycles. The number of hydrogen-bond acceptors (Lipinski definition) is 2. The maximum atomic E-state index is 5.11. The number of pyridine rings is 2. The largest absolute Gasteiger partial charge is 4.00 e. The van der Waals surface area contributed by atoms with E-state index in [-0.39, 0.29) is 73.3 Å². The van der Waals surface area contributed by atoms with Crippen molar-refractivity contribution in [3.63, 3.8) is 0 Å². The number of benzene rings is 13. The fourth-order valence-electron chi connectivity index (χ4n) is 12.7. The molecule has 0 unspecified atom stereocenters. The summed E-state index contributed by atoms with van der Waals surface area (Å²) in [6.45, 7) is 57.4. The number of aromatic amines is 1. The number of H-pyrrole nitrogens is 1. The number of nitrogens with one attached hydrogen (secondary N) is 1. The fourth-order valence-corrected chi connectivity index (χ4v) is 12.7. The van der Waals surface area contributed by atoms with Gasteiger partial charge in [-0.25, -0.2) is 0 Å². The van der Waals surface area contributed by atoms with Gasteiger partial charge in [0.1, 0.15) is 0 Å². The molecule has 4 nitrogen and oxygen atoms in total. The predicted molar refractivity (Wildman–Crippen MR) is 508 cm³/mol. The fraction of sp³-hybridized carbons (Fsp3) is 0.159. The van der Waals surface area contributed by atoms with Crippen LogP contribution in [0.1, 0.15) is 156 Å². The van der Waals surface area contributed by atoms with Gasteiger partial charge < -0.3 is 9.97 Å².